The molecule has 0 radical (unpaired) electrons. The Hall–Kier alpha value is -3.47. The molecule has 1 aliphatic rings. The first-order chi connectivity index (χ1) is 21.9. The molecule has 0 heterocycles. The van der Waals surface area contributed by atoms with E-state index in [1.165, 1.54) is 37.3 Å². The average molecular weight is 691 g/mol. The van der Waals surface area contributed by atoms with Gasteiger partial charge in [0.25, 0.3) is 10.0 Å². The van der Waals surface area contributed by atoms with Crippen LogP contribution in [0.1, 0.15) is 55.7 Å². The lowest BCUT2D eigenvalue weighted by atomic mass is 10.1. The van der Waals surface area contributed by atoms with Crippen LogP contribution in [0.5, 0.6) is 11.5 Å². The zero-order valence-electron chi connectivity index (χ0n) is 26.8. The Balaban J connectivity index is 1.80. The largest absolute Gasteiger partial charge is 0.493 e. The Morgan fingerprint density at radius 1 is 0.935 bits per heavy atom. The van der Waals surface area contributed by atoms with E-state index in [2.05, 4.69) is 5.32 Å². The van der Waals surface area contributed by atoms with Crippen LogP contribution in [0.25, 0.3) is 0 Å². The maximum Gasteiger partial charge on any atom is 0.264 e. The molecule has 1 fully saturated rings. The molecule has 0 saturated heterocycles. The molecule has 2 amide bonds. The van der Waals surface area contributed by atoms with E-state index >= 15 is 0 Å². The van der Waals surface area contributed by atoms with E-state index in [9.17, 15) is 18.0 Å². The van der Waals surface area contributed by atoms with Crippen LogP contribution in [-0.2, 0) is 26.2 Å². The lowest BCUT2D eigenvalue weighted by Gasteiger charge is -2.34. The molecule has 1 N–H and O–H groups in total. The molecule has 0 bridgehead atoms. The second kappa shape index (κ2) is 15.4. The molecule has 1 aliphatic carbocycles. The Labute approximate surface area is 281 Å². The molecule has 1 atom stereocenters. The van der Waals surface area contributed by atoms with Crippen molar-refractivity contribution in [3.8, 4) is 11.5 Å². The smallest absolute Gasteiger partial charge is 0.264 e. The first-order valence-electron chi connectivity index (χ1n) is 15.2. The minimum atomic E-state index is -4.34. The zero-order chi connectivity index (χ0) is 33.6. The first kappa shape index (κ1) is 35.4. The summed E-state index contributed by atoms with van der Waals surface area (Å²) in [5.74, 6) is -0.309. The van der Waals surface area contributed by atoms with E-state index in [0.717, 1.165) is 41.1 Å². The molecule has 4 rings (SSSR count). The monoisotopic (exact) mass is 689 g/mol. The van der Waals surface area contributed by atoms with Gasteiger partial charge in [0, 0.05) is 34.3 Å². The highest BCUT2D eigenvalue weighted by Crippen LogP contribution is 2.34. The number of aryl methyl sites for hydroxylation is 2. The quantitative estimate of drug-likeness (QED) is 0.214. The number of amides is 2. The fourth-order valence-corrected chi connectivity index (χ4v) is 7.80. The minimum Gasteiger partial charge on any atom is -0.493 e. The second-order valence-electron chi connectivity index (χ2n) is 11.5. The van der Waals surface area contributed by atoms with Gasteiger partial charge in [-0.15, -0.1) is 0 Å². The highest BCUT2D eigenvalue weighted by atomic mass is 35.5. The van der Waals surface area contributed by atoms with Gasteiger partial charge >= 0.3 is 0 Å². The van der Waals surface area contributed by atoms with E-state index in [1.54, 1.807) is 30.3 Å². The highest BCUT2D eigenvalue weighted by Gasteiger charge is 2.35. The fraction of sp³-hybridized carbons (Fsp3) is 0.412. The molecule has 0 aromatic heterocycles. The van der Waals surface area contributed by atoms with Crippen molar-refractivity contribution >= 4 is 50.7 Å². The van der Waals surface area contributed by atoms with Gasteiger partial charge in [0.15, 0.2) is 11.5 Å². The van der Waals surface area contributed by atoms with Crippen molar-refractivity contribution in [1.82, 2.24) is 10.2 Å². The maximum atomic E-state index is 14.5. The average Bonchev–Trinajstić information content (AvgIpc) is 3.53. The number of rotatable bonds is 13. The maximum absolute atomic E-state index is 14.5. The van der Waals surface area contributed by atoms with Gasteiger partial charge in [-0.25, -0.2) is 8.42 Å². The van der Waals surface area contributed by atoms with Crippen LogP contribution in [0.15, 0.2) is 59.5 Å². The Kier molecular flexibility index (Phi) is 11.9. The number of sulfonamides is 1. The predicted octanol–water partition coefficient (Wildman–Crippen LogP) is 6.69. The lowest BCUT2D eigenvalue weighted by Crippen LogP contribution is -2.53. The van der Waals surface area contributed by atoms with Gasteiger partial charge in [-0.05, 0) is 80.6 Å². The Bertz CT molecular complexity index is 1640. The van der Waals surface area contributed by atoms with Crippen LogP contribution < -0.4 is 19.1 Å². The molecule has 0 unspecified atom stereocenters. The number of methoxy groups -OCH3 is 2. The number of carbonyl (C=O) groups is 2. The summed E-state index contributed by atoms with van der Waals surface area (Å²) in [6.07, 6.45) is 4.09. The van der Waals surface area contributed by atoms with Crippen LogP contribution in [0, 0.1) is 13.8 Å². The number of hydrogen-bond acceptors (Lipinski definition) is 6. The van der Waals surface area contributed by atoms with Crippen molar-refractivity contribution in [1.29, 1.82) is 0 Å². The fourth-order valence-electron chi connectivity index (χ4n) is 5.87. The van der Waals surface area contributed by atoms with Crippen LogP contribution in [0.2, 0.25) is 10.0 Å². The highest BCUT2D eigenvalue weighted by molar-refractivity contribution is 7.92. The Morgan fingerprint density at radius 2 is 1.54 bits per heavy atom. The van der Waals surface area contributed by atoms with Crippen LogP contribution in [-0.4, -0.2) is 58.0 Å². The summed E-state index contributed by atoms with van der Waals surface area (Å²) in [7, 11) is -1.46. The zero-order valence-corrected chi connectivity index (χ0v) is 29.1. The number of nitrogens with one attached hydrogen (secondary N) is 1. The number of anilines is 1. The summed E-state index contributed by atoms with van der Waals surface area (Å²) in [5, 5.41) is 3.77. The molecule has 12 heteroatoms. The lowest BCUT2D eigenvalue weighted by molar-refractivity contribution is -0.140. The molecule has 3 aromatic carbocycles. The summed E-state index contributed by atoms with van der Waals surface area (Å²) in [6.45, 7) is 4.84. The third kappa shape index (κ3) is 8.08. The molecule has 46 heavy (non-hydrogen) atoms. The summed E-state index contributed by atoms with van der Waals surface area (Å²) in [6, 6.07) is 13.7. The third-order valence-corrected chi connectivity index (χ3v) is 10.7. The molecular weight excluding hydrogens is 649 g/mol. The van der Waals surface area contributed by atoms with E-state index < -0.39 is 28.5 Å². The standard InChI is InChI=1S/C34H41Cl2N3O6S/c1-6-30(34(41)37-24-10-7-8-11-24)38(20-27-28(35)12-9-13-29(27)36)33(40)21-39(25-17-22(2)16-23(3)18-25)46(42,43)26-14-15-31(44-4)32(19-26)45-5/h9,12-19,24,30H,6-8,10-11,20-21H2,1-5H3,(H,37,41)/t30-/m1/s1. The number of ether oxygens (including phenoxy) is 2. The third-order valence-electron chi connectivity index (χ3n) is 8.19. The number of hydrogen-bond donors (Lipinski definition) is 1. The number of carbonyl (C=O) groups excluding carboxylic acids is 2. The summed E-state index contributed by atoms with van der Waals surface area (Å²) in [4.78, 5) is 29.5. The molecule has 0 spiro atoms. The van der Waals surface area contributed by atoms with Crippen molar-refractivity contribution in [2.24, 2.45) is 0 Å². The van der Waals surface area contributed by atoms with Crippen molar-refractivity contribution in [2.75, 3.05) is 25.1 Å². The van der Waals surface area contributed by atoms with Gasteiger partial charge in [0.2, 0.25) is 11.8 Å². The molecule has 248 valence electrons. The molecule has 0 aliphatic heterocycles. The first-order valence-corrected chi connectivity index (χ1v) is 17.4. The van der Waals surface area contributed by atoms with Gasteiger partial charge in [0.1, 0.15) is 12.6 Å². The van der Waals surface area contributed by atoms with Gasteiger partial charge < -0.3 is 19.7 Å². The molecule has 9 nitrogen and oxygen atoms in total. The number of nitrogens with zero attached hydrogens (tertiary/aromatic N) is 2. The van der Waals surface area contributed by atoms with E-state index in [4.69, 9.17) is 32.7 Å². The number of benzene rings is 3. The van der Waals surface area contributed by atoms with Crippen molar-refractivity contribution in [2.45, 2.75) is 76.4 Å². The van der Waals surface area contributed by atoms with Crippen LogP contribution >= 0.6 is 23.2 Å². The minimum absolute atomic E-state index is 0.0274. The van der Waals surface area contributed by atoms with Crippen molar-refractivity contribution < 1.29 is 27.5 Å². The van der Waals surface area contributed by atoms with Crippen molar-refractivity contribution in [3.05, 3.63) is 81.3 Å². The van der Waals surface area contributed by atoms with Crippen molar-refractivity contribution in [3.63, 3.8) is 0 Å². The summed E-state index contributed by atoms with van der Waals surface area (Å²) >= 11 is 13.1. The van der Waals surface area contributed by atoms with Gasteiger partial charge in [-0.1, -0.05) is 55.1 Å². The summed E-state index contributed by atoms with van der Waals surface area (Å²) < 4.78 is 40.5. The van der Waals surface area contributed by atoms with Gasteiger partial charge in [0.05, 0.1) is 24.8 Å². The molecule has 3 aromatic rings. The summed E-state index contributed by atoms with van der Waals surface area (Å²) in [5.41, 5.74) is 2.40. The topological polar surface area (TPSA) is 105 Å². The van der Waals surface area contributed by atoms with Crippen LogP contribution in [0.4, 0.5) is 5.69 Å². The molecule has 1 saturated carbocycles. The predicted molar refractivity (Wildman–Crippen MR) is 181 cm³/mol. The van der Waals surface area contributed by atoms with E-state index in [-0.39, 0.29) is 29.1 Å². The van der Waals surface area contributed by atoms with E-state index in [1.807, 2.05) is 26.8 Å². The SMILES string of the molecule is CC[C@H](C(=O)NC1CCCC1)N(Cc1c(Cl)cccc1Cl)C(=O)CN(c1cc(C)cc(C)c1)S(=O)(=O)c1ccc(OC)c(OC)c1. The van der Waals surface area contributed by atoms with Gasteiger partial charge in [-0.2, -0.15) is 0 Å². The van der Waals surface area contributed by atoms with E-state index in [0.29, 0.717) is 33.5 Å². The van der Waals surface area contributed by atoms with Crippen LogP contribution in [0.3, 0.4) is 0 Å². The van der Waals surface area contributed by atoms with Gasteiger partial charge in [-0.3, -0.25) is 13.9 Å². The Morgan fingerprint density at radius 3 is 2.11 bits per heavy atom. The number of halogens is 2. The second-order valence-corrected chi connectivity index (χ2v) is 14.2. The normalized spacial score (nSPS) is 14.1. The molecular formula is C34H41Cl2N3O6S.